The molecule has 4 heteroatoms. The Bertz CT molecular complexity index is 461. The molecule has 0 aliphatic heterocycles. The Balaban J connectivity index is 1.84. The molecule has 1 saturated carbocycles. The van der Waals surface area contributed by atoms with Gasteiger partial charge in [-0.25, -0.2) is 0 Å². The van der Waals surface area contributed by atoms with Crippen LogP contribution in [0.1, 0.15) is 38.2 Å². The molecule has 2 rings (SSSR count). The van der Waals surface area contributed by atoms with Crippen molar-refractivity contribution in [1.82, 2.24) is 5.32 Å². The second kappa shape index (κ2) is 8.03. The van der Waals surface area contributed by atoms with Gasteiger partial charge in [0.15, 0.2) is 0 Å². The smallest absolute Gasteiger partial charge is 0.220 e. The molecule has 116 valence electrons. The van der Waals surface area contributed by atoms with Crippen LogP contribution in [0.2, 0.25) is 0 Å². The van der Waals surface area contributed by atoms with Gasteiger partial charge in [-0.1, -0.05) is 24.6 Å². The van der Waals surface area contributed by atoms with E-state index in [-0.39, 0.29) is 24.5 Å². The SMILES string of the molecule is CCOc1ccccc1CCC(=O)NC1CCCC1CO. The number of benzene rings is 1. The molecule has 4 nitrogen and oxygen atoms in total. The molecule has 1 aliphatic rings. The van der Waals surface area contributed by atoms with E-state index in [1.54, 1.807) is 0 Å². The Hall–Kier alpha value is -1.55. The molecular formula is C17H25NO3. The Morgan fingerprint density at radius 1 is 1.38 bits per heavy atom. The van der Waals surface area contributed by atoms with Gasteiger partial charge in [0.2, 0.25) is 5.91 Å². The third-order valence-electron chi connectivity index (χ3n) is 4.13. The molecule has 1 aliphatic carbocycles. The minimum absolute atomic E-state index is 0.0617. The minimum Gasteiger partial charge on any atom is -0.494 e. The summed E-state index contributed by atoms with van der Waals surface area (Å²) >= 11 is 0. The highest BCUT2D eigenvalue weighted by atomic mass is 16.5. The van der Waals surface area contributed by atoms with Gasteiger partial charge in [0.05, 0.1) is 6.61 Å². The molecule has 21 heavy (non-hydrogen) atoms. The number of para-hydroxylation sites is 1. The normalized spacial score (nSPS) is 21.2. The fourth-order valence-corrected chi connectivity index (χ4v) is 2.98. The highest BCUT2D eigenvalue weighted by Crippen LogP contribution is 2.25. The molecule has 0 bridgehead atoms. The predicted molar refractivity (Wildman–Crippen MR) is 82.3 cm³/mol. The number of aliphatic hydroxyl groups excluding tert-OH is 1. The summed E-state index contributed by atoms with van der Waals surface area (Å²) in [5.41, 5.74) is 1.07. The molecule has 0 aromatic heterocycles. The summed E-state index contributed by atoms with van der Waals surface area (Å²) in [4.78, 5) is 12.1. The van der Waals surface area contributed by atoms with Gasteiger partial charge in [-0.05, 0) is 37.8 Å². The van der Waals surface area contributed by atoms with Crippen LogP contribution in [0.25, 0.3) is 0 Å². The average molecular weight is 291 g/mol. The molecule has 1 aromatic rings. The van der Waals surface area contributed by atoms with E-state index in [2.05, 4.69) is 5.32 Å². The maximum Gasteiger partial charge on any atom is 0.220 e. The number of amides is 1. The van der Waals surface area contributed by atoms with Crippen LogP contribution in [0, 0.1) is 5.92 Å². The maximum atomic E-state index is 12.1. The summed E-state index contributed by atoms with van der Waals surface area (Å²) < 4.78 is 5.57. The van der Waals surface area contributed by atoms with Crippen molar-refractivity contribution in [2.24, 2.45) is 5.92 Å². The molecule has 2 unspecified atom stereocenters. The first kappa shape index (κ1) is 15.8. The number of nitrogens with one attached hydrogen (secondary N) is 1. The van der Waals surface area contributed by atoms with Crippen molar-refractivity contribution in [2.75, 3.05) is 13.2 Å². The molecule has 0 heterocycles. The fraction of sp³-hybridized carbons (Fsp3) is 0.588. The zero-order chi connectivity index (χ0) is 15.1. The number of carbonyl (C=O) groups is 1. The molecule has 0 radical (unpaired) electrons. The lowest BCUT2D eigenvalue weighted by Crippen LogP contribution is -2.38. The Labute approximate surface area is 126 Å². The van der Waals surface area contributed by atoms with Crippen LogP contribution in [-0.2, 0) is 11.2 Å². The van der Waals surface area contributed by atoms with Crippen molar-refractivity contribution in [1.29, 1.82) is 0 Å². The Kier molecular flexibility index (Phi) is 6.05. The van der Waals surface area contributed by atoms with Gasteiger partial charge in [-0.3, -0.25) is 4.79 Å². The average Bonchev–Trinajstić information content (AvgIpc) is 2.94. The second-order valence-electron chi connectivity index (χ2n) is 5.59. The summed E-state index contributed by atoms with van der Waals surface area (Å²) in [6.45, 7) is 2.75. The molecule has 0 spiro atoms. The lowest BCUT2D eigenvalue weighted by molar-refractivity contribution is -0.122. The first-order valence-corrected chi connectivity index (χ1v) is 7.85. The van der Waals surface area contributed by atoms with E-state index in [0.717, 1.165) is 30.6 Å². The van der Waals surface area contributed by atoms with E-state index in [0.29, 0.717) is 19.4 Å². The summed E-state index contributed by atoms with van der Waals surface area (Å²) in [7, 11) is 0. The van der Waals surface area contributed by atoms with Crippen LogP contribution < -0.4 is 10.1 Å². The van der Waals surface area contributed by atoms with Gasteiger partial charge in [-0.15, -0.1) is 0 Å². The Morgan fingerprint density at radius 2 is 2.19 bits per heavy atom. The van der Waals surface area contributed by atoms with E-state index in [9.17, 15) is 9.90 Å². The number of carbonyl (C=O) groups excluding carboxylic acids is 1. The number of rotatable bonds is 7. The van der Waals surface area contributed by atoms with Crippen LogP contribution >= 0.6 is 0 Å². The third kappa shape index (κ3) is 4.46. The van der Waals surface area contributed by atoms with Crippen LogP contribution in [0.15, 0.2) is 24.3 Å². The van der Waals surface area contributed by atoms with Gasteiger partial charge in [0.25, 0.3) is 0 Å². The van der Waals surface area contributed by atoms with Gasteiger partial charge in [0.1, 0.15) is 5.75 Å². The van der Waals surface area contributed by atoms with Crippen molar-refractivity contribution < 1.29 is 14.6 Å². The first-order valence-electron chi connectivity index (χ1n) is 7.85. The number of aliphatic hydroxyl groups is 1. The van der Waals surface area contributed by atoms with E-state index < -0.39 is 0 Å². The molecule has 1 amide bonds. The summed E-state index contributed by atoms with van der Waals surface area (Å²) in [5, 5.41) is 12.3. The fourth-order valence-electron chi connectivity index (χ4n) is 2.98. The number of hydrogen-bond donors (Lipinski definition) is 2. The summed E-state index contributed by atoms with van der Waals surface area (Å²) in [6, 6.07) is 8.00. The van der Waals surface area contributed by atoms with Gasteiger partial charge < -0.3 is 15.2 Å². The van der Waals surface area contributed by atoms with Gasteiger partial charge in [0, 0.05) is 25.0 Å². The predicted octanol–water partition coefficient (Wildman–Crippen LogP) is 2.30. The van der Waals surface area contributed by atoms with Crippen LogP contribution in [0.3, 0.4) is 0 Å². The van der Waals surface area contributed by atoms with Gasteiger partial charge in [-0.2, -0.15) is 0 Å². The third-order valence-corrected chi connectivity index (χ3v) is 4.13. The van der Waals surface area contributed by atoms with Crippen LogP contribution in [-0.4, -0.2) is 30.3 Å². The zero-order valence-electron chi connectivity index (χ0n) is 12.7. The van der Waals surface area contributed by atoms with Gasteiger partial charge >= 0.3 is 0 Å². The van der Waals surface area contributed by atoms with Crippen molar-refractivity contribution in [3.05, 3.63) is 29.8 Å². The monoisotopic (exact) mass is 291 g/mol. The van der Waals surface area contributed by atoms with Crippen molar-refractivity contribution >= 4 is 5.91 Å². The van der Waals surface area contributed by atoms with E-state index >= 15 is 0 Å². The van der Waals surface area contributed by atoms with Crippen molar-refractivity contribution in [3.8, 4) is 5.75 Å². The largest absolute Gasteiger partial charge is 0.494 e. The topological polar surface area (TPSA) is 58.6 Å². The first-order chi connectivity index (χ1) is 10.2. The standard InChI is InChI=1S/C17H25NO3/c1-2-21-16-9-4-3-6-13(16)10-11-17(20)18-15-8-5-7-14(15)12-19/h3-4,6,9,14-15,19H,2,5,7-8,10-12H2,1H3,(H,18,20). The minimum atomic E-state index is 0.0617. The zero-order valence-corrected chi connectivity index (χ0v) is 12.7. The van der Waals surface area contributed by atoms with Crippen molar-refractivity contribution in [3.63, 3.8) is 0 Å². The van der Waals surface area contributed by atoms with E-state index in [1.807, 2.05) is 31.2 Å². The molecule has 0 saturated heterocycles. The summed E-state index contributed by atoms with van der Waals surface area (Å²) in [5.74, 6) is 1.15. The van der Waals surface area contributed by atoms with Crippen LogP contribution in [0.5, 0.6) is 5.75 Å². The highest BCUT2D eigenvalue weighted by molar-refractivity contribution is 5.76. The number of aryl methyl sites for hydroxylation is 1. The van der Waals surface area contributed by atoms with Crippen LogP contribution in [0.4, 0.5) is 0 Å². The molecule has 1 aromatic carbocycles. The lowest BCUT2D eigenvalue weighted by atomic mass is 10.0. The molecule has 1 fully saturated rings. The molecule has 2 N–H and O–H groups in total. The number of ether oxygens (including phenoxy) is 1. The summed E-state index contributed by atoms with van der Waals surface area (Å²) in [6.07, 6.45) is 4.21. The van der Waals surface area contributed by atoms with E-state index in [4.69, 9.17) is 4.74 Å². The number of hydrogen-bond acceptors (Lipinski definition) is 3. The highest BCUT2D eigenvalue weighted by Gasteiger charge is 2.27. The molecule has 2 atom stereocenters. The quantitative estimate of drug-likeness (QED) is 0.810. The Morgan fingerprint density at radius 3 is 2.95 bits per heavy atom. The second-order valence-corrected chi connectivity index (χ2v) is 5.59. The molecular weight excluding hydrogens is 266 g/mol. The lowest BCUT2D eigenvalue weighted by Gasteiger charge is -2.19. The van der Waals surface area contributed by atoms with Crippen molar-refractivity contribution in [2.45, 2.75) is 45.1 Å². The maximum absolute atomic E-state index is 12.1. The van der Waals surface area contributed by atoms with E-state index in [1.165, 1.54) is 0 Å².